The van der Waals surface area contributed by atoms with Crippen molar-refractivity contribution >= 4 is 22.4 Å². The number of aromatic nitrogens is 5. The zero-order valence-electron chi connectivity index (χ0n) is 13.6. The molecule has 3 heterocycles. The number of fused-ring (bicyclic) bond motifs is 2. The molecule has 23 heavy (non-hydrogen) atoms. The first-order valence-electron chi connectivity index (χ1n) is 7.52. The monoisotopic (exact) mass is 306 g/mol. The minimum Gasteiger partial charge on any atom is -0.384 e. The molecule has 4 rings (SSSR count). The van der Waals surface area contributed by atoms with Gasteiger partial charge < -0.3 is 5.73 Å². The van der Waals surface area contributed by atoms with E-state index in [1.54, 1.807) is 4.52 Å². The Morgan fingerprint density at radius 1 is 1.00 bits per heavy atom. The van der Waals surface area contributed by atoms with Gasteiger partial charge in [-0.05, 0) is 38.5 Å². The van der Waals surface area contributed by atoms with Gasteiger partial charge in [-0.1, -0.05) is 6.07 Å². The first kappa shape index (κ1) is 13.8. The van der Waals surface area contributed by atoms with E-state index in [0.29, 0.717) is 5.82 Å². The lowest BCUT2D eigenvalue weighted by Crippen LogP contribution is -2.01. The van der Waals surface area contributed by atoms with E-state index in [4.69, 9.17) is 5.73 Å². The number of nitrogens with zero attached hydrogens (tertiary/aromatic N) is 5. The molecular formula is C17H18N6. The molecule has 3 aromatic heterocycles. The van der Waals surface area contributed by atoms with Gasteiger partial charge in [-0.3, -0.25) is 4.68 Å². The summed E-state index contributed by atoms with van der Waals surface area (Å²) < 4.78 is 3.61. The Morgan fingerprint density at radius 3 is 2.57 bits per heavy atom. The molecule has 4 aromatic rings. The summed E-state index contributed by atoms with van der Waals surface area (Å²) in [5.41, 5.74) is 12.9. The summed E-state index contributed by atoms with van der Waals surface area (Å²) in [7, 11) is 1.96. The number of hydrogen-bond acceptors (Lipinski definition) is 4. The van der Waals surface area contributed by atoms with Crippen molar-refractivity contribution in [3.05, 3.63) is 41.3 Å². The van der Waals surface area contributed by atoms with Gasteiger partial charge in [0.25, 0.3) is 0 Å². The largest absolute Gasteiger partial charge is 0.384 e. The van der Waals surface area contributed by atoms with Gasteiger partial charge in [-0.15, -0.1) is 0 Å². The molecule has 0 spiro atoms. The molecule has 0 atom stereocenters. The molecule has 0 aliphatic carbocycles. The smallest absolute Gasteiger partial charge is 0.165 e. The maximum atomic E-state index is 6.08. The number of nitrogens with two attached hydrogens (primary N) is 1. The topological polar surface area (TPSA) is 74.0 Å². The lowest BCUT2D eigenvalue weighted by atomic mass is 10.0. The van der Waals surface area contributed by atoms with Crippen LogP contribution < -0.4 is 5.73 Å². The van der Waals surface area contributed by atoms with Crippen molar-refractivity contribution in [3.8, 4) is 11.1 Å². The van der Waals surface area contributed by atoms with Crippen molar-refractivity contribution in [2.75, 3.05) is 5.73 Å². The van der Waals surface area contributed by atoms with E-state index in [-0.39, 0.29) is 0 Å². The maximum absolute atomic E-state index is 6.08. The van der Waals surface area contributed by atoms with Crippen LogP contribution in [0.3, 0.4) is 0 Å². The molecule has 0 fully saturated rings. The van der Waals surface area contributed by atoms with Gasteiger partial charge in [0.2, 0.25) is 0 Å². The van der Waals surface area contributed by atoms with E-state index >= 15 is 0 Å². The Bertz CT molecular complexity index is 1070. The van der Waals surface area contributed by atoms with E-state index in [2.05, 4.69) is 33.4 Å². The number of hydrogen-bond donors (Lipinski definition) is 1. The Labute approximate surface area is 133 Å². The zero-order chi connectivity index (χ0) is 16.3. The van der Waals surface area contributed by atoms with Gasteiger partial charge in [0.15, 0.2) is 5.65 Å². The SMILES string of the molecule is Cc1cc(N)n2nc(C)c(-c3ccc4c(c3)c(C)nn4C)c2n1. The van der Waals surface area contributed by atoms with Crippen molar-refractivity contribution in [3.63, 3.8) is 0 Å². The van der Waals surface area contributed by atoms with E-state index in [0.717, 1.165) is 44.8 Å². The summed E-state index contributed by atoms with van der Waals surface area (Å²) in [5.74, 6) is 0.598. The molecule has 116 valence electrons. The van der Waals surface area contributed by atoms with Crippen LogP contribution in [0.2, 0.25) is 0 Å². The minimum atomic E-state index is 0.598. The standard InChI is InChI=1S/C17H18N6/c1-9-7-15(18)23-17(19-9)16(11(3)21-23)12-5-6-14-13(8-12)10(2)20-22(14)4/h5-8H,18H2,1-4H3. The maximum Gasteiger partial charge on any atom is 0.165 e. The molecule has 0 aliphatic heterocycles. The van der Waals surface area contributed by atoms with E-state index in [9.17, 15) is 0 Å². The number of anilines is 1. The predicted octanol–water partition coefficient (Wildman–Crippen LogP) is 2.79. The molecule has 0 bridgehead atoms. The highest BCUT2D eigenvalue weighted by atomic mass is 15.3. The molecule has 2 N–H and O–H groups in total. The molecule has 1 aromatic carbocycles. The van der Waals surface area contributed by atoms with E-state index < -0.39 is 0 Å². The third-order valence-corrected chi connectivity index (χ3v) is 4.24. The number of aryl methyl sites for hydroxylation is 4. The van der Waals surface area contributed by atoms with Gasteiger partial charge in [0.05, 0.1) is 16.9 Å². The molecule has 0 amide bonds. The Hall–Kier alpha value is -2.89. The quantitative estimate of drug-likeness (QED) is 0.587. The first-order chi connectivity index (χ1) is 11.0. The molecule has 0 saturated heterocycles. The fourth-order valence-electron chi connectivity index (χ4n) is 3.21. The van der Waals surface area contributed by atoms with Crippen LogP contribution in [-0.2, 0) is 7.05 Å². The highest BCUT2D eigenvalue weighted by Crippen LogP contribution is 2.31. The normalized spacial score (nSPS) is 11.7. The van der Waals surface area contributed by atoms with Gasteiger partial charge in [0.1, 0.15) is 5.82 Å². The average molecular weight is 306 g/mol. The van der Waals surface area contributed by atoms with Crippen LogP contribution >= 0.6 is 0 Å². The third-order valence-electron chi connectivity index (χ3n) is 4.24. The van der Waals surface area contributed by atoms with E-state index in [1.165, 1.54) is 0 Å². The molecule has 0 radical (unpaired) electrons. The molecule has 6 heteroatoms. The second-order valence-electron chi connectivity index (χ2n) is 5.96. The van der Waals surface area contributed by atoms with Crippen LogP contribution in [0, 0.1) is 20.8 Å². The van der Waals surface area contributed by atoms with Crippen molar-refractivity contribution in [2.24, 2.45) is 7.05 Å². The van der Waals surface area contributed by atoms with Gasteiger partial charge in [0, 0.05) is 29.8 Å². The fraction of sp³-hybridized carbons (Fsp3) is 0.235. The van der Waals surface area contributed by atoms with Crippen molar-refractivity contribution in [1.82, 2.24) is 24.4 Å². The highest BCUT2D eigenvalue weighted by Gasteiger charge is 2.16. The molecule has 0 unspecified atom stereocenters. The molecular weight excluding hydrogens is 288 g/mol. The van der Waals surface area contributed by atoms with Crippen LogP contribution in [0.4, 0.5) is 5.82 Å². The highest BCUT2D eigenvalue weighted by molar-refractivity contribution is 5.90. The van der Waals surface area contributed by atoms with Crippen LogP contribution in [0.5, 0.6) is 0 Å². The van der Waals surface area contributed by atoms with E-state index in [1.807, 2.05) is 38.6 Å². The van der Waals surface area contributed by atoms with Crippen molar-refractivity contribution < 1.29 is 0 Å². The molecule has 6 nitrogen and oxygen atoms in total. The fourth-order valence-corrected chi connectivity index (χ4v) is 3.21. The van der Waals surface area contributed by atoms with Gasteiger partial charge in [-0.2, -0.15) is 14.7 Å². The van der Waals surface area contributed by atoms with Crippen molar-refractivity contribution in [1.29, 1.82) is 0 Å². The van der Waals surface area contributed by atoms with Gasteiger partial charge in [-0.25, -0.2) is 4.98 Å². The van der Waals surface area contributed by atoms with Gasteiger partial charge >= 0.3 is 0 Å². The minimum absolute atomic E-state index is 0.598. The van der Waals surface area contributed by atoms with Crippen molar-refractivity contribution in [2.45, 2.75) is 20.8 Å². The summed E-state index contributed by atoms with van der Waals surface area (Å²) in [6, 6.07) is 8.17. The van der Waals surface area contributed by atoms with Crippen LogP contribution in [-0.4, -0.2) is 24.4 Å². The van der Waals surface area contributed by atoms with Crippen LogP contribution in [0.25, 0.3) is 27.7 Å². The lowest BCUT2D eigenvalue weighted by Gasteiger charge is -2.04. The second-order valence-corrected chi connectivity index (χ2v) is 5.96. The summed E-state index contributed by atoms with van der Waals surface area (Å²) in [5, 5.41) is 10.2. The summed E-state index contributed by atoms with van der Waals surface area (Å²) in [6.45, 7) is 5.95. The Balaban J connectivity index is 2.06. The summed E-state index contributed by atoms with van der Waals surface area (Å²) in [4.78, 5) is 4.64. The number of rotatable bonds is 1. The number of nitrogen functional groups attached to an aromatic ring is 1. The second kappa shape index (κ2) is 4.55. The average Bonchev–Trinajstić information content (AvgIpc) is 2.96. The lowest BCUT2D eigenvalue weighted by molar-refractivity contribution is 0.783. The Kier molecular flexibility index (Phi) is 2.72. The van der Waals surface area contributed by atoms with Crippen LogP contribution in [0.15, 0.2) is 24.3 Å². The predicted molar refractivity (Wildman–Crippen MR) is 91.3 cm³/mol. The molecule has 0 aliphatic rings. The summed E-state index contributed by atoms with van der Waals surface area (Å²) in [6.07, 6.45) is 0. The molecule has 0 saturated carbocycles. The third kappa shape index (κ3) is 1.91. The first-order valence-corrected chi connectivity index (χ1v) is 7.52. The zero-order valence-corrected chi connectivity index (χ0v) is 13.6. The summed E-state index contributed by atoms with van der Waals surface area (Å²) >= 11 is 0. The number of benzene rings is 1. The van der Waals surface area contributed by atoms with Crippen LogP contribution in [0.1, 0.15) is 17.1 Å². The Morgan fingerprint density at radius 2 is 1.78 bits per heavy atom.